The van der Waals surface area contributed by atoms with Crippen molar-refractivity contribution in [3.63, 3.8) is 0 Å². The van der Waals surface area contributed by atoms with Crippen molar-refractivity contribution in [3.8, 4) is 5.75 Å². The fraction of sp³-hybridized carbons (Fsp3) is 0.351. The van der Waals surface area contributed by atoms with Crippen LogP contribution in [0.4, 0.5) is 9.18 Å². The molecule has 4 aromatic rings. The van der Waals surface area contributed by atoms with Crippen molar-refractivity contribution in [3.05, 3.63) is 113 Å². The Labute approximate surface area is 258 Å². The molecule has 1 unspecified atom stereocenters. The minimum Gasteiger partial charge on any atom is -0.490 e. The number of fused-ring (bicyclic) bond motifs is 2. The molecule has 0 radical (unpaired) electrons. The normalized spacial score (nSPS) is 16.9. The van der Waals surface area contributed by atoms with E-state index in [9.17, 15) is 14.0 Å². The largest absolute Gasteiger partial charge is 0.490 e. The lowest BCUT2D eigenvalue weighted by molar-refractivity contribution is 0.0162. The van der Waals surface area contributed by atoms with Crippen LogP contribution < -0.4 is 4.74 Å². The average molecular weight is 598 g/mol. The number of ether oxygens (including phenoxy) is 3. The quantitative estimate of drug-likeness (QED) is 0.190. The second-order valence-corrected chi connectivity index (χ2v) is 12.4. The summed E-state index contributed by atoms with van der Waals surface area (Å²) in [6.07, 6.45) is 1.53. The highest BCUT2D eigenvalue weighted by molar-refractivity contribution is 5.90. The summed E-state index contributed by atoms with van der Waals surface area (Å²) in [6.45, 7) is 8.15. The van der Waals surface area contributed by atoms with Gasteiger partial charge in [-0.05, 0) is 87.1 Å². The molecule has 0 spiro atoms. The molecule has 0 aromatic heterocycles. The van der Waals surface area contributed by atoms with Gasteiger partial charge in [-0.2, -0.15) is 0 Å². The molecule has 6 nitrogen and oxygen atoms in total. The van der Waals surface area contributed by atoms with Crippen molar-refractivity contribution < 1.29 is 28.2 Å². The van der Waals surface area contributed by atoms with E-state index in [4.69, 9.17) is 14.2 Å². The number of para-hydroxylation sites is 1. The molecular weight excluding hydrogens is 557 g/mol. The van der Waals surface area contributed by atoms with Crippen molar-refractivity contribution >= 4 is 22.8 Å². The van der Waals surface area contributed by atoms with E-state index in [1.54, 1.807) is 12.1 Å². The van der Waals surface area contributed by atoms with E-state index in [1.807, 2.05) is 75.1 Å². The number of carbonyl (C=O) groups excluding carboxylic acids is 2. The molecule has 0 N–H and O–H groups in total. The Bertz CT molecular complexity index is 1640. The summed E-state index contributed by atoms with van der Waals surface area (Å²) < 4.78 is 31.6. The minimum atomic E-state index is -0.705. The summed E-state index contributed by atoms with van der Waals surface area (Å²) in [7, 11) is 1.25. The third-order valence-electron chi connectivity index (χ3n) is 8.18. The first-order valence-electron chi connectivity index (χ1n) is 15.2. The fourth-order valence-corrected chi connectivity index (χ4v) is 6.05. The molecule has 230 valence electrons. The number of rotatable bonds is 8. The van der Waals surface area contributed by atoms with Crippen LogP contribution >= 0.6 is 0 Å². The topological polar surface area (TPSA) is 65.1 Å². The maximum Gasteiger partial charge on any atom is 0.410 e. The molecule has 1 aliphatic heterocycles. The third kappa shape index (κ3) is 6.88. The molecule has 1 aliphatic rings. The molecular formula is C37H40FNO5. The number of hydrogen-bond acceptors (Lipinski definition) is 5. The molecule has 44 heavy (non-hydrogen) atoms. The summed E-state index contributed by atoms with van der Waals surface area (Å²) in [5.74, 6) is -0.639. The second kappa shape index (κ2) is 13.1. The van der Waals surface area contributed by atoms with Gasteiger partial charge in [-0.3, -0.25) is 0 Å². The average Bonchev–Trinajstić information content (AvgIpc) is 3.01. The molecule has 1 amide bonds. The van der Waals surface area contributed by atoms with Gasteiger partial charge in [0.1, 0.15) is 17.2 Å². The highest BCUT2D eigenvalue weighted by Crippen LogP contribution is 2.42. The van der Waals surface area contributed by atoms with E-state index >= 15 is 0 Å². The highest BCUT2D eigenvalue weighted by Gasteiger charge is 2.32. The number of amides is 1. The van der Waals surface area contributed by atoms with Crippen LogP contribution in [0.3, 0.4) is 0 Å². The van der Waals surface area contributed by atoms with Crippen molar-refractivity contribution in [2.45, 2.75) is 70.6 Å². The molecule has 0 saturated heterocycles. The van der Waals surface area contributed by atoms with E-state index in [0.29, 0.717) is 25.8 Å². The molecule has 4 aromatic carbocycles. The maximum absolute atomic E-state index is 14.5. The Morgan fingerprint density at radius 1 is 1.00 bits per heavy atom. The molecule has 1 heterocycles. The van der Waals surface area contributed by atoms with Crippen LogP contribution in [0.15, 0.2) is 84.9 Å². The van der Waals surface area contributed by atoms with Crippen LogP contribution in [0.1, 0.15) is 86.0 Å². The third-order valence-corrected chi connectivity index (χ3v) is 8.18. The Morgan fingerprint density at radius 3 is 2.50 bits per heavy atom. The van der Waals surface area contributed by atoms with E-state index in [-0.39, 0.29) is 29.7 Å². The molecule has 7 heteroatoms. The standard InChI is InChI=1S/C37H40FNO5/c1-24(28-17-10-13-25-12-6-7-15-29(25)28)39(36(41)44-37(2,3)4)21-11-14-27-23-31(30-16-8-9-18-34(30)43-27)26-19-20-33(38)32(22-26)35(40)42-5/h6-10,12-13,15-20,22,24,27,31H,11,14,21,23H2,1-5H3/t24-,27-,31?/m1/s1. The molecule has 0 saturated carbocycles. The number of methoxy groups -OCH3 is 1. The first-order valence-corrected chi connectivity index (χ1v) is 15.2. The lowest BCUT2D eigenvalue weighted by atomic mass is 9.82. The molecule has 0 aliphatic carbocycles. The number of halogens is 1. The van der Waals surface area contributed by atoms with Gasteiger partial charge >= 0.3 is 12.1 Å². The smallest absolute Gasteiger partial charge is 0.410 e. The van der Waals surface area contributed by atoms with Gasteiger partial charge in [0.25, 0.3) is 0 Å². The Kier molecular flexibility index (Phi) is 9.23. The van der Waals surface area contributed by atoms with Crippen molar-refractivity contribution in [2.24, 2.45) is 0 Å². The second-order valence-electron chi connectivity index (χ2n) is 12.4. The number of hydrogen-bond donors (Lipinski definition) is 0. The zero-order valence-corrected chi connectivity index (χ0v) is 26.0. The van der Waals surface area contributed by atoms with Crippen LogP contribution in [0.25, 0.3) is 10.8 Å². The van der Waals surface area contributed by atoms with E-state index < -0.39 is 17.4 Å². The van der Waals surface area contributed by atoms with Crippen LogP contribution in [-0.4, -0.2) is 42.3 Å². The summed E-state index contributed by atoms with van der Waals surface area (Å²) in [5.41, 5.74) is 2.17. The van der Waals surface area contributed by atoms with Crippen molar-refractivity contribution in [1.29, 1.82) is 0 Å². The SMILES string of the molecule is COC(=O)c1cc(C2C[C@@H](CCCN(C(=O)OC(C)(C)C)[C@H](C)c3cccc4ccccc34)Oc3ccccc32)ccc1F. The van der Waals surface area contributed by atoms with Crippen LogP contribution in [0.5, 0.6) is 5.75 Å². The van der Waals surface area contributed by atoms with Gasteiger partial charge in [0.15, 0.2) is 0 Å². The van der Waals surface area contributed by atoms with Crippen LogP contribution in [-0.2, 0) is 9.47 Å². The Balaban J connectivity index is 1.37. The fourth-order valence-electron chi connectivity index (χ4n) is 6.05. The van der Waals surface area contributed by atoms with Gasteiger partial charge in [0.2, 0.25) is 0 Å². The van der Waals surface area contributed by atoms with Gasteiger partial charge in [-0.1, -0.05) is 66.7 Å². The molecule has 0 bridgehead atoms. The van der Waals surface area contributed by atoms with Gasteiger partial charge in [0.05, 0.1) is 24.8 Å². The Morgan fingerprint density at radius 2 is 1.73 bits per heavy atom. The van der Waals surface area contributed by atoms with Gasteiger partial charge in [-0.25, -0.2) is 14.0 Å². The Hall–Kier alpha value is -4.39. The summed E-state index contributed by atoms with van der Waals surface area (Å²) >= 11 is 0. The van der Waals surface area contributed by atoms with Crippen molar-refractivity contribution in [1.82, 2.24) is 4.90 Å². The van der Waals surface area contributed by atoms with E-state index in [2.05, 4.69) is 24.3 Å². The molecule has 0 fully saturated rings. The van der Waals surface area contributed by atoms with Crippen molar-refractivity contribution in [2.75, 3.05) is 13.7 Å². The monoisotopic (exact) mass is 597 g/mol. The maximum atomic E-state index is 14.5. The molecule has 3 atom stereocenters. The van der Waals surface area contributed by atoms with Gasteiger partial charge in [-0.15, -0.1) is 0 Å². The van der Waals surface area contributed by atoms with E-state index in [0.717, 1.165) is 33.2 Å². The zero-order valence-electron chi connectivity index (χ0n) is 26.0. The molecule has 5 rings (SSSR count). The summed E-state index contributed by atoms with van der Waals surface area (Å²) in [5, 5.41) is 2.23. The van der Waals surface area contributed by atoms with Gasteiger partial charge in [0, 0.05) is 18.0 Å². The van der Waals surface area contributed by atoms with Crippen LogP contribution in [0, 0.1) is 5.82 Å². The predicted molar refractivity (Wildman–Crippen MR) is 170 cm³/mol. The zero-order chi connectivity index (χ0) is 31.4. The lowest BCUT2D eigenvalue weighted by Crippen LogP contribution is -2.39. The first-order chi connectivity index (χ1) is 21.1. The van der Waals surface area contributed by atoms with E-state index in [1.165, 1.54) is 13.2 Å². The highest BCUT2D eigenvalue weighted by atomic mass is 19.1. The summed E-state index contributed by atoms with van der Waals surface area (Å²) in [6, 6.07) is 26.6. The van der Waals surface area contributed by atoms with Gasteiger partial charge < -0.3 is 19.1 Å². The first kappa shape index (κ1) is 31.0. The number of benzene rings is 4. The minimum absolute atomic E-state index is 0.0825. The van der Waals surface area contributed by atoms with Crippen LogP contribution in [0.2, 0.25) is 0 Å². The summed E-state index contributed by atoms with van der Waals surface area (Å²) in [4.78, 5) is 27.6. The predicted octanol–water partition coefficient (Wildman–Crippen LogP) is 8.83. The number of nitrogens with zero attached hydrogens (tertiary/aromatic N) is 1. The number of carbonyl (C=O) groups is 2. The number of esters is 1. The lowest BCUT2D eigenvalue weighted by Gasteiger charge is -2.35.